The summed E-state index contributed by atoms with van der Waals surface area (Å²) in [5.41, 5.74) is 1.47. The summed E-state index contributed by atoms with van der Waals surface area (Å²) < 4.78 is 37.2. The lowest BCUT2D eigenvalue weighted by Crippen LogP contribution is -1.77. The van der Waals surface area contributed by atoms with E-state index in [2.05, 4.69) is 0 Å². The number of halogens is 3. The Hall–Kier alpha value is -1.77. The molecule has 2 rings (SSSR count). The molecule has 0 bridgehead atoms. The lowest BCUT2D eigenvalue weighted by Gasteiger charge is -1.93. The highest BCUT2D eigenvalue weighted by atomic mass is 19.1. The molecule has 0 spiro atoms. The highest BCUT2D eigenvalue weighted by Crippen LogP contribution is 2.20. The quantitative estimate of drug-likeness (QED) is 0.531. The van der Waals surface area contributed by atoms with Crippen LogP contribution in [0.3, 0.4) is 0 Å². The van der Waals surface area contributed by atoms with E-state index < -0.39 is 5.83 Å². The molecule has 3 heteroatoms. The fraction of sp³-hybridized carbons (Fsp3) is 0.294. The van der Waals surface area contributed by atoms with Crippen LogP contribution in [0.1, 0.15) is 32.8 Å². The molecule has 0 fully saturated rings. The fourth-order valence-electron chi connectivity index (χ4n) is 1.34. The zero-order valence-electron chi connectivity index (χ0n) is 12.4. The van der Waals surface area contributed by atoms with Gasteiger partial charge in [-0.3, -0.25) is 0 Å². The van der Waals surface area contributed by atoms with Gasteiger partial charge in [-0.05, 0) is 43.2 Å². The van der Waals surface area contributed by atoms with Crippen LogP contribution >= 0.6 is 0 Å². The maximum atomic E-state index is 12.6. The number of aryl methyl sites for hydroxylation is 1. The molecule has 0 nitrogen and oxygen atoms in total. The van der Waals surface area contributed by atoms with Crippen LogP contribution in [0.25, 0.3) is 0 Å². The minimum Gasteiger partial charge on any atom is -0.211 e. The van der Waals surface area contributed by atoms with Gasteiger partial charge < -0.3 is 0 Å². The highest BCUT2D eigenvalue weighted by molar-refractivity contribution is 5.29. The molecule has 0 amide bonds. The second-order valence-corrected chi connectivity index (χ2v) is 4.04. The molecule has 0 saturated carbocycles. The molecule has 0 aromatic heterocycles. The second-order valence-electron chi connectivity index (χ2n) is 4.04. The van der Waals surface area contributed by atoms with Gasteiger partial charge in [-0.15, -0.1) is 0 Å². The average molecular weight is 282 g/mol. The Kier molecular flexibility index (Phi) is 9.18. The van der Waals surface area contributed by atoms with Crippen molar-refractivity contribution in [1.82, 2.24) is 0 Å². The lowest BCUT2D eigenvalue weighted by molar-refractivity contribution is 0.538. The Morgan fingerprint density at radius 2 is 1.65 bits per heavy atom. The summed E-state index contributed by atoms with van der Waals surface area (Å²) in [5.74, 6) is -0.974. The van der Waals surface area contributed by atoms with Crippen molar-refractivity contribution in [2.75, 3.05) is 0 Å². The molecule has 0 heterocycles. The van der Waals surface area contributed by atoms with Gasteiger partial charge in [0.15, 0.2) is 0 Å². The molecule has 0 unspecified atom stereocenters. The van der Waals surface area contributed by atoms with Crippen molar-refractivity contribution < 1.29 is 13.2 Å². The van der Waals surface area contributed by atoms with E-state index in [1.54, 1.807) is 19.1 Å². The van der Waals surface area contributed by atoms with Crippen LogP contribution in [0.4, 0.5) is 13.2 Å². The molecule has 1 aliphatic carbocycles. The molecule has 0 radical (unpaired) electrons. The molecule has 0 N–H and O–H groups in total. The van der Waals surface area contributed by atoms with Crippen molar-refractivity contribution in [2.45, 2.75) is 34.1 Å². The first kappa shape index (κ1) is 18.2. The largest absolute Gasteiger partial charge is 0.211 e. The molecular weight excluding hydrogens is 261 g/mol. The Morgan fingerprint density at radius 1 is 1.00 bits per heavy atom. The molecule has 0 saturated heterocycles. The smallest absolute Gasteiger partial charge is 0.123 e. The Labute approximate surface area is 119 Å². The number of benzene rings is 1. The summed E-state index contributed by atoms with van der Waals surface area (Å²) in [7, 11) is 0. The van der Waals surface area contributed by atoms with Crippen LogP contribution in [0, 0.1) is 12.7 Å². The Bertz CT molecular complexity index is 479. The number of rotatable bonds is 0. The van der Waals surface area contributed by atoms with Gasteiger partial charge in [-0.25, -0.2) is 13.2 Å². The zero-order chi connectivity index (χ0) is 15.5. The molecule has 0 atom stereocenters. The van der Waals surface area contributed by atoms with E-state index >= 15 is 0 Å². The first-order valence-electron chi connectivity index (χ1n) is 6.59. The van der Waals surface area contributed by atoms with Crippen LogP contribution in [0.2, 0.25) is 0 Å². The summed E-state index contributed by atoms with van der Waals surface area (Å²) in [6.45, 7) is 7.49. The van der Waals surface area contributed by atoms with Crippen LogP contribution in [0.15, 0.2) is 59.7 Å². The lowest BCUT2D eigenvalue weighted by atomic mass is 10.2. The van der Waals surface area contributed by atoms with E-state index in [1.165, 1.54) is 24.3 Å². The van der Waals surface area contributed by atoms with E-state index in [0.29, 0.717) is 5.57 Å². The van der Waals surface area contributed by atoms with Gasteiger partial charge in [0.05, 0.1) is 6.42 Å². The molecule has 1 aromatic carbocycles. The minimum atomic E-state index is -0.425. The van der Waals surface area contributed by atoms with Crippen molar-refractivity contribution in [3.05, 3.63) is 71.1 Å². The summed E-state index contributed by atoms with van der Waals surface area (Å²) in [5, 5.41) is 0. The normalized spacial score (nSPS) is 13.4. The molecule has 1 aliphatic rings. The third-order valence-corrected chi connectivity index (χ3v) is 2.36. The number of allylic oxidation sites excluding steroid dienone is 6. The molecule has 110 valence electrons. The van der Waals surface area contributed by atoms with Crippen molar-refractivity contribution in [2.24, 2.45) is 0 Å². The maximum absolute atomic E-state index is 12.6. The second kappa shape index (κ2) is 10.1. The third kappa shape index (κ3) is 7.62. The monoisotopic (exact) mass is 282 g/mol. The summed E-state index contributed by atoms with van der Waals surface area (Å²) in [6.07, 6.45) is 4.15. The van der Waals surface area contributed by atoms with Gasteiger partial charge in [0.25, 0.3) is 0 Å². The highest BCUT2D eigenvalue weighted by Gasteiger charge is 2.04. The standard InChI is InChI=1S/C8H8F2.C7H7F.C2H6/c1-6-3-2-4-7(9)5-8(6)10;1-6-3-2-4-7(8)5-6;1-2/h2-4H,5H2,1H3;2-5H,1H3;1-2H3. The van der Waals surface area contributed by atoms with Gasteiger partial charge >= 0.3 is 0 Å². The SMILES string of the molecule is CC.CC1=C(F)CC(F)=CC=C1.Cc1cccc(F)c1. The van der Waals surface area contributed by atoms with E-state index in [4.69, 9.17) is 0 Å². The van der Waals surface area contributed by atoms with Crippen LogP contribution in [-0.2, 0) is 0 Å². The van der Waals surface area contributed by atoms with Crippen LogP contribution in [0.5, 0.6) is 0 Å². The summed E-state index contributed by atoms with van der Waals surface area (Å²) >= 11 is 0. The van der Waals surface area contributed by atoms with Crippen LogP contribution in [-0.4, -0.2) is 0 Å². The van der Waals surface area contributed by atoms with Gasteiger partial charge in [-0.1, -0.05) is 38.1 Å². The first-order chi connectivity index (χ1) is 9.49. The van der Waals surface area contributed by atoms with E-state index in [1.807, 2.05) is 26.8 Å². The maximum Gasteiger partial charge on any atom is 0.123 e. The summed E-state index contributed by atoms with van der Waals surface area (Å²) in [4.78, 5) is 0. The van der Waals surface area contributed by atoms with Crippen molar-refractivity contribution >= 4 is 0 Å². The predicted molar refractivity (Wildman–Crippen MR) is 79.2 cm³/mol. The Morgan fingerprint density at radius 3 is 2.15 bits per heavy atom. The molecule has 1 aromatic rings. The van der Waals surface area contributed by atoms with Crippen molar-refractivity contribution in [1.29, 1.82) is 0 Å². The van der Waals surface area contributed by atoms with E-state index in [-0.39, 0.29) is 18.1 Å². The third-order valence-electron chi connectivity index (χ3n) is 2.36. The average Bonchev–Trinajstić information content (AvgIpc) is 2.54. The topological polar surface area (TPSA) is 0 Å². The number of hydrogen-bond acceptors (Lipinski definition) is 0. The predicted octanol–water partition coefficient (Wildman–Crippen LogP) is 6.20. The Balaban J connectivity index is 0.000000327. The fourth-order valence-corrected chi connectivity index (χ4v) is 1.34. The summed E-state index contributed by atoms with van der Waals surface area (Å²) in [6, 6.07) is 6.50. The van der Waals surface area contributed by atoms with Gasteiger partial charge in [-0.2, -0.15) is 0 Å². The first-order valence-corrected chi connectivity index (χ1v) is 6.59. The van der Waals surface area contributed by atoms with E-state index in [9.17, 15) is 13.2 Å². The zero-order valence-corrected chi connectivity index (χ0v) is 12.4. The van der Waals surface area contributed by atoms with Crippen molar-refractivity contribution in [3.63, 3.8) is 0 Å². The van der Waals surface area contributed by atoms with Gasteiger partial charge in [0, 0.05) is 0 Å². The minimum absolute atomic E-state index is 0.162. The van der Waals surface area contributed by atoms with E-state index in [0.717, 1.165) is 5.56 Å². The van der Waals surface area contributed by atoms with Crippen LogP contribution < -0.4 is 0 Å². The van der Waals surface area contributed by atoms with Gasteiger partial charge in [0.2, 0.25) is 0 Å². The molecule has 20 heavy (non-hydrogen) atoms. The molecular formula is C17H21F3. The molecule has 0 aliphatic heterocycles. The van der Waals surface area contributed by atoms with Crippen molar-refractivity contribution in [3.8, 4) is 0 Å². The van der Waals surface area contributed by atoms with Gasteiger partial charge in [0.1, 0.15) is 17.5 Å². The number of hydrogen-bond donors (Lipinski definition) is 0.